The van der Waals surface area contributed by atoms with Crippen LogP contribution in [0.5, 0.6) is 0 Å². The first kappa shape index (κ1) is 23.5. The predicted octanol–water partition coefficient (Wildman–Crippen LogP) is 4.57. The molecule has 0 aliphatic heterocycles. The number of aromatic nitrogens is 6. The molecule has 9 nitrogen and oxygen atoms in total. The van der Waals surface area contributed by atoms with Crippen LogP contribution in [-0.2, 0) is 22.3 Å². The number of hydrogen-bond donors (Lipinski definition) is 1. The van der Waals surface area contributed by atoms with Crippen LogP contribution in [0, 0.1) is 0 Å². The number of nitrogens with zero attached hydrogens (tertiary/aromatic N) is 6. The topological polar surface area (TPSA) is 99.9 Å². The summed E-state index contributed by atoms with van der Waals surface area (Å²) in [6.07, 6.45) is 3.12. The molecule has 0 aliphatic rings. The highest BCUT2D eigenvalue weighted by Gasteiger charge is 2.37. The molecule has 31 heavy (non-hydrogen) atoms. The lowest BCUT2D eigenvalue weighted by Crippen LogP contribution is -2.40. The van der Waals surface area contributed by atoms with Crippen molar-refractivity contribution >= 4 is 42.6 Å². The molecule has 3 aromatic rings. The summed E-state index contributed by atoms with van der Waals surface area (Å²) in [5.41, 5.74) is 2.12. The van der Waals surface area contributed by atoms with Crippen molar-refractivity contribution in [2.75, 3.05) is 18.5 Å². The van der Waals surface area contributed by atoms with Gasteiger partial charge in [0, 0.05) is 12.8 Å². The van der Waals surface area contributed by atoms with Gasteiger partial charge in [0.25, 0.3) is 0 Å². The summed E-state index contributed by atoms with van der Waals surface area (Å²) in [6, 6.07) is 1.75. The Morgan fingerprint density at radius 1 is 1.23 bits per heavy atom. The molecule has 3 heterocycles. The van der Waals surface area contributed by atoms with E-state index >= 15 is 0 Å². The van der Waals surface area contributed by atoms with Gasteiger partial charge in [-0.1, -0.05) is 20.8 Å². The summed E-state index contributed by atoms with van der Waals surface area (Å²) in [5, 5.41) is 8.21. The largest absolute Gasteiger partial charge is 0.411 e. The Hall–Kier alpha value is -2.14. The van der Waals surface area contributed by atoms with Crippen LogP contribution in [0.2, 0.25) is 23.4 Å². The predicted molar refractivity (Wildman–Crippen MR) is 124 cm³/mol. The molecule has 0 radical (unpaired) electrons. The molecular formula is C20H30ClN7O2Si. The van der Waals surface area contributed by atoms with Gasteiger partial charge in [0.2, 0.25) is 5.28 Å². The van der Waals surface area contributed by atoms with Gasteiger partial charge in [-0.25, -0.2) is 15.0 Å². The second-order valence-electron chi connectivity index (χ2n) is 8.67. The molecule has 0 aromatic carbocycles. The van der Waals surface area contributed by atoms with Gasteiger partial charge in [-0.3, -0.25) is 4.68 Å². The van der Waals surface area contributed by atoms with E-state index in [0.29, 0.717) is 43.5 Å². The molecule has 0 saturated heterocycles. The number of fused-ring (bicyclic) bond motifs is 1. The van der Waals surface area contributed by atoms with Gasteiger partial charge in [0.15, 0.2) is 14.1 Å². The highest BCUT2D eigenvalue weighted by molar-refractivity contribution is 6.74. The number of ether oxygens (including phenoxy) is 1. The van der Waals surface area contributed by atoms with Crippen molar-refractivity contribution in [3.05, 3.63) is 29.6 Å². The van der Waals surface area contributed by atoms with E-state index in [4.69, 9.17) is 25.9 Å². The first-order chi connectivity index (χ1) is 14.6. The molecule has 0 saturated carbocycles. The summed E-state index contributed by atoms with van der Waals surface area (Å²) in [4.78, 5) is 17.0. The molecule has 0 fully saturated rings. The first-order valence-corrected chi connectivity index (χ1v) is 13.6. The lowest BCUT2D eigenvalue weighted by Gasteiger charge is -2.35. The van der Waals surface area contributed by atoms with Crippen molar-refractivity contribution in [2.24, 2.45) is 0 Å². The minimum absolute atomic E-state index is 0.0900. The third kappa shape index (κ3) is 5.56. The number of nitrogens with one attached hydrogen (secondary N) is 1. The lowest BCUT2D eigenvalue weighted by atomic mass is 10.2. The molecule has 11 heteroatoms. The smallest absolute Gasteiger partial charge is 0.225 e. The van der Waals surface area contributed by atoms with Gasteiger partial charge in [-0.15, -0.1) is 0 Å². The van der Waals surface area contributed by atoms with Crippen LogP contribution in [0.3, 0.4) is 0 Å². The zero-order valence-corrected chi connectivity index (χ0v) is 20.7. The van der Waals surface area contributed by atoms with Crippen LogP contribution in [0.1, 0.15) is 33.4 Å². The van der Waals surface area contributed by atoms with Crippen molar-refractivity contribution in [1.82, 2.24) is 29.7 Å². The van der Waals surface area contributed by atoms with Crippen LogP contribution in [0.4, 0.5) is 11.6 Å². The van der Waals surface area contributed by atoms with Crippen LogP contribution in [0.15, 0.2) is 18.6 Å². The Bertz CT molecular complexity index is 1020. The zero-order valence-electron chi connectivity index (χ0n) is 18.9. The summed E-state index contributed by atoms with van der Waals surface area (Å²) < 4.78 is 13.8. The molecule has 0 unspecified atom stereocenters. The Labute approximate surface area is 188 Å². The number of hydrogen-bond acceptors (Lipinski definition) is 8. The van der Waals surface area contributed by atoms with E-state index in [1.807, 2.05) is 11.6 Å². The third-order valence-electron chi connectivity index (χ3n) is 5.49. The van der Waals surface area contributed by atoms with Crippen molar-refractivity contribution < 1.29 is 9.16 Å². The van der Waals surface area contributed by atoms with Crippen LogP contribution in [-0.4, -0.2) is 51.2 Å². The van der Waals surface area contributed by atoms with Crippen LogP contribution >= 0.6 is 11.6 Å². The van der Waals surface area contributed by atoms with Crippen molar-refractivity contribution in [3.8, 4) is 0 Å². The Kier molecular flexibility index (Phi) is 7.25. The maximum absolute atomic E-state index is 6.41. The van der Waals surface area contributed by atoms with Gasteiger partial charge in [-0.2, -0.15) is 10.1 Å². The maximum atomic E-state index is 6.41. The summed E-state index contributed by atoms with van der Waals surface area (Å²) in [5.74, 6) is 1.12. The maximum Gasteiger partial charge on any atom is 0.225 e. The first-order valence-electron chi connectivity index (χ1n) is 10.3. The second-order valence-corrected chi connectivity index (χ2v) is 13.8. The molecule has 3 rings (SSSR count). The Balaban J connectivity index is 2.02. The van der Waals surface area contributed by atoms with E-state index in [-0.39, 0.29) is 10.3 Å². The summed E-state index contributed by atoms with van der Waals surface area (Å²) >= 11 is 6.27. The minimum Gasteiger partial charge on any atom is -0.411 e. The molecule has 0 spiro atoms. The number of rotatable bonds is 9. The average Bonchev–Trinajstić information content (AvgIpc) is 3.04. The van der Waals surface area contributed by atoms with Gasteiger partial charge in [-0.05, 0) is 42.7 Å². The standard InChI is InChI=1S/C20H30ClN7O2Si/c1-7-29-11-10-28-17-16(14(27-28)12-30-31(5,6)20(2,3)4)25-19(21)26-18(17)24-15-8-9-22-13-23-15/h8-9,13H,7,10-12H2,1-6H3,(H,22,23,24,25,26). The molecule has 1 N–H and O–H groups in total. The van der Waals surface area contributed by atoms with Gasteiger partial charge in [0.05, 0.1) is 19.8 Å². The van der Waals surface area contributed by atoms with Gasteiger partial charge in [0.1, 0.15) is 28.9 Å². The molecule has 168 valence electrons. The highest BCUT2D eigenvalue weighted by atomic mass is 35.5. The number of anilines is 2. The fourth-order valence-corrected chi connectivity index (χ4v) is 3.81. The molecule has 0 bridgehead atoms. The van der Waals surface area contributed by atoms with Crippen LogP contribution < -0.4 is 5.32 Å². The molecule has 0 aliphatic carbocycles. The van der Waals surface area contributed by atoms with E-state index in [1.54, 1.807) is 12.3 Å². The lowest BCUT2D eigenvalue weighted by molar-refractivity contribution is 0.137. The van der Waals surface area contributed by atoms with Gasteiger partial charge >= 0.3 is 0 Å². The Morgan fingerprint density at radius 2 is 2.00 bits per heavy atom. The quantitative estimate of drug-likeness (QED) is 0.280. The van der Waals surface area contributed by atoms with E-state index in [2.05, 4.69) is 59.1 Å². The normalized spacial score (nSPS) is 12.5. The zero-order chi connectivity index (χ0) is 22.6. The third-order valence-corrected chi connectivity index (χ3v) is 10.1. The fourth-order valence-electron chi connectivity index (χ4n) is 2.71. The second kappa shape index (κ2) is 9.56. The summed E-state index contributed by atoms with van der Waals surface area (Å²) in [6.45, 7) is 15.1. The fraction of sp³-hybridized carbons (Fsp3) is 0.550. The highest BCUT2D eigenvalue weighted by Crippen LogP contribution is 2.37. The molecule has 0 atom stereocenters. The average molecular weight is 464 g/mol. The van der Waals surface area contributed by atoms with Crippen molar-refractivity contribution in [2.45, 2.75) is 59.0 Å². The van der Waals surface area contributed by atoms with Crippen molar-refractivity contribution in [3.63, 3.8) is 0 Å². The van der Waals surface area contributed by atoms with E-state index in [0.717, 1.165) is 11.2 Å². The molecular weight excluding hydrogens is 434 g/mol. The van der Waals surface area contributed by atoms with E-state index < -0.39 is 8.32 Å². The number of halogens is 1. The molecule has 3 aromatic heterocycles. The van der Waals surface area contributed by atoms with E-state index in [9.17, 15) is 0 Å². The SMILES string of the molecule is CCOCCn1nc(CO[Si](C)(C)C(C)(C)C)c2nc(Cl)nc(Nc3ccncn3)c21. The monoisotopic (exact) mass is 463 g/mol. The summed E-state index contributed by atoms with van der Waals surface area (Å²) in [7, 11) is -1.97. The minimum atomic E-state index is -1.97. The van der Waals surface area contributed by atoms with Crippen molar-refractivity contribution in [1.29, 1.82) is 0 Å². The van der Waals surface area contributed by atoms with Gasteiger partial charge < -0.3 is 14.5 Å². The van der Waals surface area contributed by atoms with E-state index in [1.165, 1.54) is 6.33 Å². The Morgan fingerprint density at radius 3 is 2.65 bits per heavy atom. The van der Waals surface area contributed by atoms with Crippen LogP contribution in [0.25, 0.3) is 11.0 Å². The molecule has 0 amide bonds.